The van der Waals surface area contributed by atoms with Gasteiger partial charge in [0.1, 0.15) is 0 Å². The summed E-state index contributed by atoms with van der Waals surface area (Å²) in [7, 11) is 2.14. The Bertz CT molecular complexity index is 271. The van der Waals surface area contributed by atoms with Gasteiger partial charge in [-0.2, -0.15) is 0 Å². The summed E-state index contributed by atoms with van der Waals surface area (Å²) >= 11 is 0. The van der Waals surface area contributed by atoms with Gasteiger partial charge in [0.15, 0.2) is 0 Å². The highest BCUT2D eigenvalue weighted by atomic mass is 14.9. The summed E-state index contributed by atoms with van der Waals surface area (Å²) < 4.78 is 2.26. The molecule has 0 radical (unpaired) electrons. The molecule has 0 bridgehead atoms. The summed E-state index contributed by atoms with van der Waals surface area (Å²) in [6, 6.07) is 2.35. The van der Waals surface area contributed by atoms with Crippen LogP contribution in [0.2, 0.25) is 0 Å². The maximum Gasteiger partial charge on any atom is 0.0200 e. The molecule has 1 rings (SSSR count). The Kier molecular flexibility index (Phi) is 3.18. The molecule has 0 saturated heterocycles. The molecule has 0 aliphatic heterocycles. The molecule has 1 heterocycles. The minimum Gasteiger partial charge on any atom is -0.354 e. The van der Waals surface area contributed by atoms with E-state index < -0.39 is 0 Å². The molecule has 13 heavy (non-hydrogen) atoms. The lowest BCUT2D eigenvalue weighted by Crippen LogP contribution is -1.95. The first-order valence-electron chi connectivity index (χ1n) is 5.22. The van der Waals surface area contributed by atoms with Crippen molar-refractivity contribution < 1.29 is 0 Å². The van der Waals surface area contributed by atoms with E-state index in [1.165, 1.54) is 17.7 Å². The summed E-state index contributed by atoms with van der Waals surface area (Å²) in [5.74, 6) is 1.32. The zero-order chi connectivity index (χ0) is 10.0. The Morgan fingerprint density at radius 2 is 1.92 bits per heavy atom. The smallest absolute Gasteiger partial charge is 0.0200 e. The van der Waals surface area contributed by atoms with Crippen LogP contribution < -0.4 is 0 Å². The summed E-state index contributed by atoms with van der Waals surface area (Å²) in [5, 5.41) is 0. The van der Waals surface area contributed by atoms with E-state index in [0.29, 0.717) is 11.8 Å². The number of nitrogens with zero attached hydrogens (tertiary/aromatic N) is 1. The van der Waals surface area contributed by atoms with Crippen LogP contribution in [0.5, 0.6) is 0 Å². The van der Waals surface area contributed by atoms with Crippen LogP contribution >= 0.6 is 0 Å². The van der Waals surface area contributed by atoms with Crippen LogP contribution in [0.25, 0.3) is 0 Å². The van der Waals surface area contributed by atoms with E-state index in [0.717, 1.165) is 0 Å². The van der Waals surface area contributed by atoms with Crippen LogP contribution in [0.15, 0.2) is 12.3 Å². The Hall–Kier alpha value is -0.720. The fraction of sp³-hybridized carbons (Fsp3) is 0.667. The number of hydrogen-bond donors (Lipinski definition) is 0. The molecule has 0 aliphatic carbocycles. The van der Waals surface area contributed by atoms with Gasteiger partial charge >= 0.3 is 0 Å². The Balaban J connectivity index is 2.95. The van der Waals surface area contributed by atoms with Gasteiger partial charge in [-0.25, -0.2) is 0 Å². The van der Waals surface area contributed by atoms with E-state index in [-0.39, 0.29) is 0 Å². The van der Waals surface area contributed by atoms with Crippen molar-refractivity contribution in [2.75, 3.05) is 0 Å². The maximum absolute atomic E-state index is 2.35. The molecular formula is C12H21N. The average Bonchev–Trinajstić information content (AvgIpc) is 2.46. The van der Waals surface area contributed by atoms with Gasteiger partial charge in [0, 0.05) is 18.9 Å². The molecule has 1 heteroatoms. The first kappa shape index (κ1) is 10.4. The lowest BCUT2D eigenvalue weighted by atomic mass is 10.0. The van der Waals surface area contributed by atoms with Crippen LogP contribution in [0.1, 0.15) is 57.2 Å². The summed E-state index contributed by atoms with van der Waals surface area (Å²) in [6.45, 7) is 9.03. The van der Waals surface area contributed by atoms with E-state index in [1.54, 1.807) is 0 Å². The molecule has 0 N–H and O–H groups in total. The van der Waals surface area contributed by atoms with Crippen molar-refractivity contribution in [1.29, 1.82) is 0 Å². The molecule has 1 aromatic rings. The van der Waals surface area contributed by atoms with E-state index in [1.807, 2.05) is 0 Å². The Morgan fingerprint density at radius 1 is 1.31 bits per heavy atom. The number of aryl methyl sites for hydroxylation is 1. The average molecular weight is 179 g/mol. The standard InChI is InChI=1S/C12H21N/c1-6-10(4)11-7-12(9(2)3)13(5)8-11/h7-10H,6H2,1-5H3. The molecule has 0 saturated carbocycles. The van der Waals surface area contributed by atoms with Gasteiger partial charge in [-0.05, 0) is 29.9 Å². The predicted octanol–water partition coefficient (Wildman–Crippen LogP) is 3.66. The van der Waals surface area contributed by atoms with Gasteiger partial charge in [-0.15, -0.1) is 0 Å². The molecule has 1 atom stereocenters. The maximum atomic E-state index is 2.35. The second-order valence-corrected chi connectivity index (χ2v) is 4.27. The van der Waals surface area contributed by atoms with Crippen molar-refractivity contribution in [2.24, 2.45) is 7.05 Å². The molecule has 0 aliphatic rings. The SMILES string of the molecule is CCC(C)c1cc(C(C)C)n(C)c1. The Labute approximate surface area is 81.8 Å². The fourth-order valence-corrected chi connectivity index (χ4v) is 1.69. The van der Waals surface area contributed by atoms with E-state index >= 15 is 0 Å². The Morgan fingerprint density at radius 3 is 2.31 bits per heavy atom. The summed E-state index contributed by atoms with van der Waals surface area (Å²) in [5.41, 5.74) is 2.92. The van der Waals surface area contributed by atoms with Gasteiger partial charge in [0.25, 0.3) is 0 Å². The van der Waals surface area contributed by atoms with Gasteiger partial charge in [0.05, 0.1) is 0 Å². The lowest BCUT2D eigenvalue weighted by Gasteiger charge is -2.05. The molecular weight excluding hydrogens is 158 g/mol. The van der Waals surface area contributed by atoms with Crippen molar-refractivity contribution in [3.8, 4) is 0 Å². The number of aromatic nitrogens is 1. The zero-order valence-corrected chi connectivity index (χ0v) is 9.46. The zero-order valence-electron chi connectivity index (χ0n) is 9.46. The molecule has 0 fully saturated rings. The van der Waals surface area contributed by atoms with Gasteiger partial charge in [-0.1, -0.05) is 27.7 Å². The van der Waals surface area contributed by atoms with Gasteiger partial charge in [-0.3, -0.25) is 0 Å². The molecule has 1 unspecified atom stereocenters. The number of rotatable bonds is 3. The largest absolute Gasteiger partial charge is 0.354 e. The molecule has 0 aromatic carbocycles. The van der Waals surface area contributed by atoms with E-state index in [2.05, 4.69) is 51.6 Å². The second kappa shape index (κ2) is 3.99. The molecule has 0 amide bonds. The van der Waals surface area contributed by atoms with Crippen LogP contribution in [0.3, 0.4) is 0 Å². The molecule has 1 aromatic heterocycles. The third-order valence-electron chi connectivity index (χ3n) is 2.84. The van der Waals surface area contributed by atoms with Crippen LogP contribution in [0, 0.1) is 0 Å². The van der Waals surface area contributed by atoms with E-state index in [9.17, 15) is 0 Å². The highest BCUT2D eigenvalue weighted by molar-refractivity contribution is 5.23. The minimum atomic E-state index is 0.628. The molecule has 1 nitrogen and oxygen atoms in total. The highest BCUT2D eigenvalue weighted by Crippen LogP contribution is 2.24. The normalized spacial score (nSPS) is 13.7. The monoisotopic (exact) mass is 179 g/mol. The number of hydrogen-bond acceptors (Lipinski definition) is 0. The van der Waals surface area contributed by atoms with Crippen LogP contribution in [0.4, 0.5) is 0 Å². The summed E-state index contributed by atoms with van der Waals surface area (Å²) in [4.78, 5) is 0. The van der Waals surface area contributed by atoms with E-state index in [4.69, 9.17) is 0 Å². The lowest BCUT2D eigenvalue weighted by molar-refractivity contribution is 0.726. The fourth-order valence-electron chi connectivity index (χ4n) is 1.69. The third kappa shape index (κ3) is 2.15. The van der Waals surface area contributed by atoms with Crippen molar-refractivity contribution in [3.63, 3.8) is 0 Å². The first-order valence-corrected chi connectivity index (χ1v) is 5.22. The highest BCUT2D eigenvalue weighted by Gasteiger charge is 2.10. The molecule has 74 valence electrons. The van der Waals surface area contributed by atoms with Crippen LogP contribution in [-0.4, -0.2) is 4.57 Å². The van der Waals surface area contributed by atoms with Crippen LogP contribution in [-0.2, 0) is 7.05 Å². The van der Waals surface area contributed by atoms with Crippen molar-refractivity contribution in [1.82, 2.24) is 4.57 Å². The third-order valence-corrected chi connectivity index (χ3v) is 2.84. The van der Waals surface area contributed by atoms with Gasteiger partial charge in [0.2, 0.25) is 0 Å². The minimum absolute atomic E-state index is 0.628. The quantitative estimate of drug-likeness (QED) is 0.667. The van der Waals surface area contributed by atoms with Gasteiger partial charge < -0.3 is 4.57 Å². The topological polar surface area (TPSA) is 4.93 Å². The van der Waals surface area contributed by atoms with Crippen molar-refractivity contribution in [3.05, 3.63) is 23.5 Å². The predicted molar refractivity (Wildman–Crippen MR) is 58.2 cm³/mol. The molecule has 0 spiro atoms. The van der Waals surface area contributed by atoms with Crippen molar-refractivity contribution in [2.45, 2.75) is 46.0 Å². The first-order chi connectivity index (χ1) is 6.06. The summed E-state index contributed by atoms with van der Waals surface area (Å²) in [6.07, 6.45) is 3.49. The van der Waals surface area contributed by atoms with Crippen molar-refractivity contribution >= 4 is 0 Å². The second-order valence-electron chi connectivity index (χ2n) is 4.27.